The number of rotatable bonds is 22. The Bertz CT molecular complexity index is 1950. The second-order valence-corrected chi connectivity index (χ2v) is 21.5. The van der Waals surface area contributed by atoms with Gasteiger partial charge in [-0.15, -0.1) is 23.5 Å². The molecule has 7 atom stereocenters. The van der Waals surface area contributed by atoms with E-state index in [2.05, 4.69) is 31.2 Å². The second kappa shape index (κ2) is 21.7. The van der Waals surface area contributed by atoms with Crippen LogP contribution in [0.2, 0.25) is 0 Å². The molecule has 4 aromatic carbocycles. The minimum atomic E-state index is -1.92. The molecule has 3 saturated heterocycles. The van der Waals surface area contributed by atoms with Crippen molar-refractivity contribution in [2.45, 2.75) is 138 Å². The molecule has 0 aliphatic carbocycles. The van der Waals surface area contributed by atoms with Crippen LogP contribution in [0.3, 0.4) is 0 Å². The molecule has 0 spiro atoms. The van der Waals surface area contributed by atoms with Gasteiger partial charge in [0.2, 0.25) is 0 Å². The van der Waals surface area contributed by atoms with Crippen LogP contribution in [0.25, 0.3) is 0 Å². The van der Waals surface area contributed by atoms with Crippen LogP contribution in [0, 0.1) is 5.92 Å². The van der Waals surface area contributed by atoms with Crippen LogP contribution < -0.4 is 0 Å². The fraction of sp³-hybridized carbons (Fsp3) is 0.538. The van der Waals surface area contributed by atoms with E-state index in [1.807, 2.05) is 148 Å². The molecule has 3 heterocycles. The molecule has 0 amide bonds. The van der Waals surface area contributed by atoms with E-state index < -0.39 is 51.3 Å². The predicted molar refractivity (Wildman–Crippen MR) is 251 cm³/mol. The molecular weight excluding hydrogens is 833 g/mol. The van der Waals surface area contributed by atoms with Crippen molar-refractivity contribution in [1.82, 2.24) is 0 Å². The van der Waals surface area contributed by atoms with Crippen molar-refractivity contribution >= 4 is 23.5 Å². The normalized spacial score (nSPS) is 25.9. The molecule has 0 saturated carbocycles. The quantitative estimate of drug-likeness (QED) is 0.0788. The van der Waals surface area contributed by atoms with Crippen LogP contribution >= 0.6 is 23.5 Å². The number of benzene rings is 4. The number of aliphatic hydroxyl groups excluding tert-OH is 1. The molecule has 3 fully saturated rings. The minimum Gasteiger partial charge on any atom is -0.393 e. The minimum absolute atomic E-state index is 0.0539. The molecule has 0 unspecified atom stereocenters. The summed E-state index contributed by atoms with van der Waals surface area (Å²) >= 11 is 3.75. The summed E-state index contributed by atoms with van der Waals surface area (Å²) in [4.78, 5) is 0. The summed E-state index contributed by atoms with van der Waals surface area (Å²) in [5, 5.41) is 25.7. The Morgan fingerprint density at radius 3 is 1.78 bits per heavy atom. The van der Waals surface area contributed by atoms with Crippen molar-refractivity contribution in [2.75, 3.05) is 31.3 Å². The lowest BCUT2D eigenvalue weighted by Crippen LogP contribution is -2.73. The Labute approximate surface area is 383 Å². The van der Waals surface area contributed by atoms with E-state index in [9.17, 15) is 10.2 Å². The van der Waals surface area contributed by atoms with Crippen LogP contribution in [-0.4, -0.2) is 92.8 Å². The van der Waals surface area contributed by atoms with Crippen molar-refractivity contribution in [1.29, 1.82) is 0 Å². The maximum absolute atomic E-state index is 14.2. The number of hydrogen-bond donors (Lipinski definition) is 2. The van der Waals surface area contributed by atoms with E-state index in [0.29, 0.717) is 13.0 Å². The summed E-state index contributed by atoms with van der Waals surface area (Å²) in [5.74, 6) is -0.251. The average Bonchev–Trinajstić information content (AvgIpc) is 3.77. The Morgan fingerprint density at radius 2 is 1.21 bits per heavy atom. The lowest BCUT2D eigenvalue weighted by molar-refractivity contribution is -0.283. The number of aliphatic hydroxyl groups is 2. The third-order valence-electron chi connectivity index (χ3n) is 12.4. The maximum atomic E-state index is 14.2. The molecule has 0 bridgehead atoms. The Kier molecular flexibility index (Phi) is 16.6. The van der Waals surface area contributed by atoms with E-state index in [1.165, 1.54) is 5.56 Å². The monoisotopic (exact) mass is 900 g/mol. The summed E-state index contributed by atoms with van der Waals surface area (Å²) in [6.45, 7) is 10.4. The molecule has 63 heavy (non-hydrogen) atoms. The second-order valence-electron chi connectivity index (χ2n) is 18.3. The SMILES string of the molecule is C[C@H](Cc1ccccc1)[C@H](O)CCCC1([C@@H]2OC(C)(C)O[C@H]2[C@](O)(COCc2ccccc2)[C@@]2(COCc3ccccc3)OC(C)(C)O[C@@H]2COCc2ccccc2)SCCCS1. The molecule has 2 N–H and O–H groups in total. The highest BCUT2D eigenvalue weighted by molar-refractivity contribution is 8.18. The van der Waals surface area contributed by atoms with Crippen molar-refractivity contribution in [3.05, 3.63) is 144 Å². The van der Waals surface area contributed by atoms with E-state index in [4.69, 9.17) is 33.2 Å². The van der Waals surface area contributed by atoms with Gasteiger partial charge < -0.3 is 43.4 Å². The maximum Gasteiger partial charge on any atom is 0.164 e. The van der Waals surface area contributed by atoms with Crippen molar-refractivity contribution in [2.24, 2.45) is 5.92 Å². The van der Waals surface area contributed by atoms with Gasteiger partial charge in [0.1, 0.15) is 18.3 Å². The number of ether oxygens (including phenoxy) is 7. The van der Waals surface area contributed by atoms with E-state index >= 15 is 0 Å². The van der Waals surface area contributed by atoms with Gasteiger partial charge in [0.25, 0.3) is 0 Å². The largest absolute Gasteiger partial charge is 0.393 e. The lowest BCUT2D eigenvalue weighted by Gasteiger charge is -2.51. The van der Waals surface area contributed by atoms with Crippen LogP contribution in [-0.2, 0) is 59.4 Å². The molecule has 3 aliphatic heterocycles. The molecule has 0 radical (unpaired) electrons. The molecule has 342 valence electrons. The van der Waals surface area contributed by atoms with E-state index in [0.717, 1.165) is 53.9 Å². The predicted octanol–water partition coefficient (Wildman–Crippen LogP) is 9.75. The van der Waals surface area contributed by atoms with Crippen LogP contribution in [0.4, 0.5) is 0 Å². The first kappa shape index (κ1) is 48.2. The Morgan fingerprint density at radius 1 is 0.683 bits per heavy atom. The first-order valence-electron chi connectivity index (χ1n) is 22.6. The molecule has 9 nitrogen and oxygen atoms in total. The van der Waals surface area contributed by atoms with Gasteiger partial charge in [-0.2, -0.15) is 0 Å². The fourth-order valence-electron chi connectivity index (χ4n) is 9.28. The van der Waals surface area contributed by atoms with Crippen LogP contribution in [0.1, 0.15) is 82.6 Å². The standard InChI is InChI=1S/C52H68O9S2/c1-39(32-40-20-10-6-11-21-40)44(53)28-18-29-52(62-30-19-31-63-52)47-46(59-48(2,3)60-47)50(54,37-56-34-42-24-14-8-15-25-42)51(38-57-35-43-26-16-9-17-27-43)45(58-49(4,5)61-51)36-55-33-41-22-12-7-13-23-41/h6-17,20-27,39,44-47,53-54H,18-19,28-38H2,1-5H3/t39-,44-,45-,46-,47-,50-,51+/m1/s1. The Balaban J connectivity index is 1.24. The zero-order valence-corrected chi connectivity index (χ0v) is 39.3. The fourth-order valence-corrected chi connectivity index (χ4v) is 12.8. The van der Waals surface area contributed by atoms with E-state index in [-0.39, 0.29) is 39.0 Å². The average molecular weight is 901 g/mol. The van der Waals surface area contributed by atoms with Crippen molar-refractivity contribution in [3.63, 3.8) is 0 Å². The number of thioether (sulfide) groups is 2. The van der Waals surface area contributed by atoms with Crippen LogP contribution in [0.15, 0.2) is 121 Å². The highest BCUT2D eigenvalue weighted by Crippen LogP contribution is 2.57. The molecular formula is C52H68O9S2. The summed E-state index contributed by atoms with van der Waals surface area (Å²) in [5.41, 5.74) is 0.711. The lowest BCUT2D eigenvalue weighted by atomic mass is 9.73. The Hall–Kier alpha value is -2.78. The zero-order valence-electron chi connectivity index (χ0n) is 37.7. The molecule has 4 aromatic rings. The molecule has 7 rings (SSSR count). The van der Waals surface area contributed by atoms with Gasteiger partial charge >= 0.3 is 0 Å². The number of hydrogen-bond acceptors (Lipinski definition) is 11. The van der Waals surface area contributed by atoms with E-state index in [1.54, 1.807) is 0 Å². The summed E-state index contributed by atoms with van der Waals surface area (Å²) in [7, 11) is 0. The smallest absolute Gasteiger partial charge is 0.164 e. The van der Waals surface area contributed by atoms with Gasteiger partial charge in [-0.3, -0.25) is 0 Å². The van der Waals surface area contributed by atoms with Gasteiger partial charge in [-0.1, -0.05) is 128 Å². The van der Waals surface area contributed by atoms with Crippen LogP contribution in [0.5, 0.6) is 0 Å². The summed E-state index contributed by atoms with van der Waals surface area (Å²) in [6, 6.07) is 40.3. The zero-order chi connectivity index (χ0) is 44.4. The van der Waals surface area contributed by atoms with Gasteiger partial charge in [0.15, 0.2) is 22.8 Å². The first-order chi connectivity index (χ1) is 30.3. The van der Waals surface area contributed by atoms with Gasteiger partial charge in [0.05, 0.1) is 49.8 Å². The first-order valence-corrected chi connectivity index (χ1v) is 24.6. The third kappa shape index (κ3) is 12.2. The molecule has 0 aromatic heterocycles. The molecule has 11 heteroatoms. The topological polar surface area (TPSA) is 105 Å². The summed E-state index contributed by atoms with van der Waals surface area (Å²) < 4.78 is 47.4. The van der Waals surface area contributed by atoms with Gasteiger partial charge in [-0.05, 0) is 99.5 Å². The highest BCUT2D eigenvalue weighted by Gasteiger charge is 2.72. The van der Waals surface area contributed by atoms with Crippen molar-refractivity contribution in [3.8, 4) is 0 Å². The van der Waals surface area contributed by atoms with Gasteiger partial charge in [0, 0.05) is 0 Å². The third-order valence-corrected chi connectivity index (χ3v) is 16.0. The highest BCUT2D eigenvalue weighted by atomic mass is 32.2. The van der Waals surface area contributed by atoms with Gasteiger partial charge in [-0.25, -0.2) is 0 Å². The summed E-state index contributed by atoms with van der Waals surface area (Å²) in [6.07, 6.45) is 1.17. The molecule has 3 aliphatic rings. The van der Waals surface area contributed by atoms with Crippen molar-refractivity contribution < 1.29 is 43.4 Å².